The number of amides is 2. The van der Waals surface area contributed by atoms with Crippen LogP contribution in [-0.4, -0.2) is 50.5 Å². The van der Waals surface area contributed by atoms with Crippen LogP contribution in [0.2, 0.25) is 0 Å². The highest BCUT2D eigenvalue weighted by atomic mass is 16.5. The summed E-state index contributed by atoms with van der Waals surface area (Å²) in [6.07, 6.45) is 3.52. The van der Waals surface area contributed by atoms with Crippen molar-refractivity contribution in [2.75, 3.05) is 18.6 Å². The van der Waals surface area contributed by atoms with E-state index in [4.69, 9.17) is 14.7 Å². The van der Waals surface area contributed by atoms with Crippen LogP contribution >= 0.6 is 0 Å². The summed E-state index contributed by atoms with van der Waals surface area (Å²) in [5.41, 5.74) is 3.95. The van der Waals surface area contributed by atoms with Crippen LogP contribution in [0.15, 0.2) is 30.5 Å². The molecular formula is C24H26N6O3. The number of nitrogens with one attached hydrogen (secondary N) is 1. The molecule has 4 heterocycles. The fourth-order valence-corrected chi connectivity index (χ4v) is 4.62. The smallest absolute Gasteiger partial charge is 0.257 e. The third-order valence-electron chi connectivity index (χ3n) is 6.47. The number of ether oxygens (including phenoxy) is 1. The van der Waals surface area contributed by atoms with Crippen LogP contribution in [-0.2, 0) is 17.8 Å². The molecule has 0 aliphatic carbocycles. The molecular weight excluding hydrogens is 420 g/mol. The Balaban J connectivity index is 1.46. The quantitative estimate of drug-likeness (QED) is 0.646. The zero-order chi connectivity index (χ0) is 23.1. The standard InChI is InChI=1S/C24H26N6O3/c1-14-18-11-21(31)30(13-16-6-8-17(33-3)9-7-16)23(18)27-22(26-14)20-5-4-10-29(20)24(32)19-12-25-28-15(19)2/h6-9,12,20H,4-5,10-11,13H2,1-3H3,(H,25,28). The molecule has 2 aromatic heterocycles. The van der Waals surface area contributed by atoms with Gasteiger partial charge >= 0.3 is 0 Å². The van der Waals surface area contributed by atoms with Gasteiger partial charge in [0.2, 0.25) is 5.91 Å². The largest absolute Gasteiger partial charge is 0.497 e. The van der Waals surface area contributed by atoms with Crippen LogP contribution in [0.25, 0.3) is 0 Å². The number of carbonyl (C=O) groups excluding carboxylic acids is 2. The number of hydrogen-bond acceptors (Lipinski definition) is 6. The van der Waals surface area contributed by atoms with E-state index in [-0.39, 0.29) is 17.9 Å². The zero-order valence-electron chi connectivity index (χ0n) is 19.0. The minimum Gasteiger partial charge on any atom is -0.497 e. The Kier molecular flexibility index (Phi) is 5.32. The molecule has 9 heteroatoms. The Morgan fingerprint density at radius 2 is 2.00 bits per heavy atom. The number of aryl methyl sites for hydroxylation is 2. The van der Waals surface area contributed by atoms with Crippen molar-refractivity contribution in [1.29, 1.82) is 0 Å². The lowest BCUT2D eigenvalue weighted by Crippen LogP contribution is -2.32. The van der Waals surface area contributed by atoms with Crippen LogP contribution in [0.4, 0.5) is 5.82 Å². The summed E-state index contributed by atoms with van der Waals surface area (Å²) < 4.78 is 5.23. The van der Waals surface area contributed by atoms with E-state index >= 15 is 0 Å². The molecule has 33 heavy (non-hydrogen) atoms. The number of aromatic amines is 1. The highest BCUT2D eigenvalue weighted by Gasteiger charge is 2.37. The lowest BCUT2D eigenvalue weighted by Gasteiger charge is -2.25. The van der Waals surface area contributed by atoms with Gasteiger partial charge in [0.15, 0.2) is 5.82 Å². The Labute approximate surface area is 191 Å². The molecule has 0 saturated carbocycles. The Bertz CT molecular complexity index is 1220. The second kappa shape index (κ2) is 8.31. The Hall–Kier alpha value is -3.75. The van der Waals surface area contributed by atoms with Crippen molar-refractivity contribution < 1.29 is 14.3 Å². The number of hydrogen-bond donors (Lipinski definition) is 1. The van der Waals surface area contributed by atoms with Crippen molar-refractivity contribution in [2.45, 2.75) is 45.7 Å². The van der Waals surface area contributed by atoms with Gasteiger partial charge in [0.05, 0.1) is 37.9 Å². The second-order valence-corrected chi connectivity index (χ2v) is 8.54. The number of benzene rings is 1. The van der Waals surface area contributed by atoms with Gasteiger partial charge in [-0.3, -0.25) is 19.6 Å². The molecule has 0 bridgehead atoms. The van der Waals surface area contributed by atoms with E-state index in [1.807, 2.05) is 43.0 Å². The molecule has 170 valence electrons. The van der Waals surface area contributed by atoms with Gasteiger partial charge in [-0.25, -0.2) is 9.97 Å². The average Bonchev–Trinajstić information content (AvgIpc) is 3.54. The van der Waals surface area contributed by atoms with Crippen molar-refractivity contribution in [2.24, 2.45) is 0 Å². The molecule has 0 radical (unpaired) electrons. The lowest BCUT2D eigenvalue weighted by atomic mass is 10.1. The van der Waals surface area contributed by atoms with Gasteiger partial charge in [0, 0.05) is 23.5 Å². The molecule has 1 N–H and O–H groups in total. The maximum absolute atomic E-state index is 13.2. The molecule has 5 rings (SSSR count). The van der Waals surface area contributed by atoms with E-state index in [1.54, 1.807) is 18.2 Å². The summed E-state index contributed by atoms with van der Waals surface area (Å²) in [6.45, 7) is 4.81. The number of fused-ring (bicyclic) bond motifs is 1. The van der Waals surface area contributed by atoms with Gasteiger partial charge in [-0.1, -0.05) is 12.1 Å². The normalized spacial score (nSPS) is 17.5. The van der Waals surface area contributed by atoms with Gasteiger partial charge < -0.3 is 9.64 Å². The van der Waals surface area contributed by atoms with E-state index in [1.165, 1.54) is 0 Å². The molecule has 9 nitrogen and oxygen atoms in total. The van der Waals surface area contributed by atoms with Gasteiger partial charge in [0.1, 0.15) is 11.6 Å². The minimum atomic E-state index is -0.227. The van der Waals surface area contributed by atoms with Crippen LogP contribution in [0.1, 0.15) is 57.6 Å². The first-order chi connectivity index (χ1) is 16.0. The van der Waals surface area contributed by atoms with Crippen molar-refractivity contribution in [3.63, 3.8) is 0 Å². The number of rotatable bonds is 5. The van der Waals surface area contributed by atoms with Gasteiger partial charge in [-0.05, 0) is 44.4 Å². The summed E-state index contributed by atoms with van der Waals surface area (Å²) in [7, 11) is 1.63. The summed E-state index contributed by atoms with van der Waals surface area (Å²) in [5.74, 6) is 1.94. The van der Waals surface area contributed by atoms with Crippen LogP contribution in [0.3, 0.4) is 0 Å². The van der Waals surface area contributed by atoms with E-state index in [0.717, 1.165) is 41.1 Å². The van der Waals surface area contributed by atoms with Crippen LogP contribution in [0.5, 0.6) is 5.75 Å². The number of anilines is 1. The fourth-order valence-electron chi connectivity index (χ4n) is 4.62. The number of H-pyrrole nitrogens is 1. The third-order valence-corrected chi connectivity index (χ3v) is 6.47. The number of likely N-dealkylation sites (tertiary alicyclic amines) is 1. The van der Waals surface area contributed by atoms with Gasteiger partial charge in [0.25, 0.3) is 5.91 Å². The number of nitrogens with zero attached hydrogens (tertiary/aromatic N) is 5. The first-order valence-corrected chi connectivity index (χ1v) is 11.1. The summed E-state index contributed by atoms with van der Waals surface area (Å²) >= 11 is 0. The molecule has 1 fully saturated rings. The van der Waals surface area contributed by atoms with Crippen molar-refractivity contribution in [3.8, 4) is 5.75 Å². The first-order valence-electron chi connectivity index (χ1n) is 11.1. The molecule has 2 aliphatic heterocycles. The van der Waals surface area contributed by atoms with Crippen molar-refractivity contribution in [1.82, 2.24) is 25.1 Å². The van der Waals surface area contributed by atoms with Gasteiger partial charge in [-0.2, -0.15) is 5.10 Å². The van der Waals surface area contributed by atoms with E-state index in [2.05, 4.69) is 10.2 Å². The number of aromatic nitrogens is 4. The molecule has 3 aromatic rings. The third kappa shape index (κ3) is 3.73. The highest BCUT2D eigenvalue weighted by molar-refractivity contribution is 6.00. The maximum Gasteiger partial charge on any atom is 0.257 e. The topological polar surface area (TPSA) is 104 Å². The van der Waals surface area contributed by atoms with Crippen molar-refractivity contribution >= 4 is 17.6 Å². The molecule has 1 saturated heterocycles. The highest BCUT2D eigenvalue weighted by Crippen LogP contribution is 2.36. The van der Waals surface area contributed by atoms with Crippen LogP contribution in [0, 0.1) is 13.8 Å². The monoisotopic (exact) mass is 446 g/mol. The Morgan fingerprint density at radius 1 is 1.21 bits per heavy atom. The fraction of sp³-hybridized carbons (Fsp3) is 0.375. The predicted octanol–water partition coefficient (Wildman–Crippen LogP) is 2.89. The summed E-state index contributed by atoms with van der Waals surface area (Å²) in [6, 6.07) is 7.43. The lowest BCUT2D eigenvalue weighted by molar-refractivity contribution is -0.117. The van der Waals surface area contributed by atoms with Crippen molar-refractivity contribution in [3.05, 3.63) is 64.4 Å². The van der Waals surface area contributed by atoms with E-state index < -0.39 is 0 Å². The molecule has 1 unspecified atom stereocenters. The minimum absolute atomic E-state index is 0.00347. The SMILES string of the molecule is COc1ccc(CN2C(=O)Cc3c(C)nc(C4CCCN4C(=O)c4cn[nH]c4C)nc32)cc1. The molecule has 0 spiro atoms. The molecule has 2 amide bonds. The van der Waals surface area contributed by atoms with E-state index in [0.29, 0.717) is 36.7 Å². The second-order valence-electron chi connectivity index (χ2n) is 8.54. The molecule has 2 aliphatic rings. The Morgan fingerprint density at radius 3 is 2.70 bits per heavy atom. The first kappa shape index (κ1) is 21.1. The number of methoxy groups -OCH3 is 1. The molecule has 1 atom stereocenters. The van der Waals surface area contributed by atoms with Gasteiger partial charge in [-0.15, -0.1) is 0 Å². The zero-order valence-corrected chi connectivity index (χ0v) is 19.0. The molecule has 1 aromatic carbocycles. The number of carbonyl (C=O) groups is 2. The summed E-state index contributed by atoms with van der Waals surface area (Å²) in [5, 5.41) is 6.82. The van der Waals surface area contributed by atoms with Crippen LogP contribution < -0.4 is 9.64 Å². The summed E-state index contributed by atoms with van der Waals surface area (Å²) in [4.78, 5) is 39.2. The maximum atomic E-state index is 13.2. The van der Waals surface area contributed by atoms with E-state index in [9.17, 15) is 9.59 Å². The predicted molar refractivity (Wildman–Crippen MR) is 121 cm³/mol. The average molecular weight is 447 g/mol.